The molecule has 1 heterocycles. The van der Waals surface area contributed by atoms with Crippen LogP contribution >= 0.6 is 22.9 Å². The van der Waals surface area contributed by atoms with Crippen LogP contribution in [-0.4, -0.2) is 40.7 Å². The van der Waals surface area contributed by atoms with E-state index in [9.17, 15) is 9.59 Å². The standard InChI is InChI=1S/C12H19IN2O3/c13-15-8-18-7-11(15)12(17)14-10(6-16)9-4-2-1-3-5-9/h6,9-11H,1-5,7-8H2,(H,14,17)/t10-,11+/m1/s1. The van der Waals surface area contributed by atoms with Crippen molar-refractivity contribution in [2.45, 2.75) is 44.2 Å². The van der Waals surface area contributed by atoms with E-state index in [1.165, 1.54) is 6.42 Å². The van der Waals surface area contributed by atoms with Gasteiger partial charge in [-0.15, -0.1) is 0 Å². The molecule has 0 unspecified atom stereocenters. The van der Waals surface area contributed by atoms with Crippen LogP contribution in [0.4, 0.5) is 0 Å². The fourth-order valence-electron chi connectivity index (χ4n) is 2.64. The maximum Gasteiger partial charge on any atom is 0.241 e. The van der Waals surface area contributed by atoms with Gasteiger partial charge in [0.05, 0.1) is 12.6 Å². The van der Waals surface area contributed by atoms with Crippen molar-refractivity contribution >= 4 is 35.1 Å². The minimum atomic E-state index is -0.330. The molecular weight excluding hydrogens is 347 g/mol. The Kier molecular flexibility index (Phi) is 5.38. The molecule has 1 N–H and O–H groups in total. The van der Waals surface area contributed by atoms with Gasteiger partial charge in [-0.2, -0.15) is 0 Å². The highest BCUT2D eigenvalue weighted by Gasteiger charge is 2.33. The summed E-state index contributed by atoms with van der Waals surface area (Å²) >= 11 is 2.08. The molecule has 0 radical (unpaired) electrons. The molecule has 0 aromatic rings. The van der Waals surface area contributed by atoms with Crippen LogP contribution in [0.3, 0.4) is 0 Å². The molecule has 18 heavy (non-hydrogen) atoms. The Morgan fingerprint density at radius 1 is 1.39 bits per heavy atom. The molecule has 2 rings (SSSR count). The zero-order valence-corrected chi connectivity index (χ0v) is 12.5. The van der Waals surface area contributed by atoms with Gasteiger partial charge in [0.25, 0.3) is 0 Å². The van der Waals surface area contributed by atoms with Crippen LogP contribution in [-0.2, 0) is 14.3 Å². The first kappa shape index (κ1) is 14.2. The normalized spacial score (nSPS) is 27.9. The Bertz CT molecular complexity index is 308. The van der Waals surface area contributed by atoms with Crippen LogP contribution in [0.2, 0.25) is 0 Å². The summed E-state index contributed by atoms with van der Waals surface area (Å²) in [7, 11) is 0. The first-order chi connectivity index (χ1) is 8.72. The number of nitrogens with zero attached hydrogens (tertiary/aromatic N) is 1. The van der Waals surface area contributed by atoms with Crippen molar-refractivity contribution in [1.82, 2.24) is 8.43 Å². The quantitative estimate of drug-likeness (QED) is 0.463. The number of ether oxygens (including phenoxy) is 1. The summed E-state index contributed by atoms with van der Waals surface area (Å²) in [5.74, 6) is 0.217. The number of halogens is 1. The van der Waals surface area contributed by atoms with Crippen molar-refractivity contribution in [3.8, 4) is 0 Å². The highest BCUT2D eigenvalue weighted by Crippen LogP contribution is 2.26. The summed E-state index contributed by atoms with van der Waals surface area (Å²) in [6.45, 7) is 0.874. The molecule has 0 aromatic carbocycles. The van der Waals surface area contributed by atoms with Crippen molar-refractivity contribution in [2.75, 3.05) is 13.3 Å². The SMILES string of the molecule is O=C[C@@H](NC(=O)[C@@H]1COCN1I)C1CCCCC1. The number of carbonyl (C=O) groups is 2. The number of hydrogen-bond acceptors (Lipinski definition) is 4. The lowest BCUT2D eigenvalue weighted by Crippen LogP contribution is -2.49. The summed E-state index contributed by atoms with van der Waals surface area (Å²) in [5, 5.41) is 2.88. The molecule has 1 saturated heterocycles. The minimum Gasteiger partial charge on any atom is -0.363 e. The third-order valence-electron chi connectivity index (χ3n) is 3.74. The van der Waals surface area contributed by atoms with Crippen LogP contribution in [0.1, 0.15) is 32.1 Å². The molecule has 2 fully saturated rings. The molecule has 2 atom stereocenters. The minimum absolute atomic E-state index is 0.0930. The molecule has 2 aliphatic rings. The second-order valence-electron chi connectivity index (χ2n) is 4.98. The summed E-state index contributed by atoms with van der Waals surface area (Å²) < 4.78 is 7.05. The van der Waals surface area contributed by atoms with Gasteiger partial charge in [-0.1, -0.05) is 19.3 Å². The van der Waals surface area contributed by atoms with Crippen LogP contribution in [0.5, 0.6) is 0 Å². The van der Waals surface area contributed by atoms with Gasteiger partial charge in [-0.3, -0.25) is 4.79 Å². The van der Waals surface area contributed by atoms with Gasteiger partial charge in [-0.25, -0.2) is 3.11 Å². The van der Waals surface area contributed by atoms with Crippen molar-refractivity contribution in [1.29, 1.82) is 0 Å². The molecule has 1 saturated carbocycles. The third kappa shape index (κ3) is 3.42. The molecular formula is C12H19IN2O3. The third-order valence-corrected chi connectivity index (χ3v) is 4.70. The van der Waals surface area contributed by atoms with E-state index in [-0.39, 0.29) is 18.0 Å². The largest absolute Gasteiger partial charge is 0.363 e. The van der Waals surface area contributed by atoms with E-state index in [2.05, 4.69) is 28.2 Å². The summed E-state index contributed by atoms with van der Waals surface area (Å²) in [6, 6.07) is -0.597. The predicted molar refractivity (Wildman–Crippen MR) is 75.0 cm³/mol. The number of amides is 1. The molecule has 0 spiro atoms. The van der Waals surface area contributed by atoms with Gasteiger partial charge in [0, 0.05) is 22.9 Å². The fraction of sp³-hybridized carbons (Fsp3) is 0.833. The van der Waals surface area contributed by atoms with E-state index in [4.69, 9.17) is 4.74 Å². The Balaban J connectivity index is 1.88. The molecule has 1 aliphatic heterocycles. The van der Waals surface area contributed by atoms with Gasteiger partial charge >= 0.3 is 0 Å². The van der Waals surface area contributed by atoms with Crippen molar-refractivity contribution in [2.24, 2.45) is 5.92 Å². The number of carbonyl (C=O) groups excluding carboxylic acids is 2. The van der Waals surface area contributed by atoms with Gasteiger partial charge < -0.3 is 14.8 Å². The van der Waals surface area contributed by atoms with E-state index in [1.54, 1.807) is 0 Å². The van der Waals surface area contributed by atoms with Gasteiger partial charge in [0.2, 0.25) is 5.91 Å². The summed E-state index contributed by atoms with van der Waals surface area (Å²) in [6.07, 6.45) is 6.54. The van der Waals surface area contributed by atoms with Gasteiger partial charge in [-0.05, 0) is 18.8 Å². The average molecular weight is 366 g/mol. The lowest BCUT2D eigenvalue weighted by atomic mass is 9.84. The van der Waals surface area contributed by atoms with E-state index < -0.39 is 0 Å². The first-order valence-electron chi connectivity index (χ1n) is 6.48. The Hall–Kier alpha value is -0.210. The zero-order chi connectivity index (χ0) is 13.0. The molecule has 0 aromatic heterocycles. The van der Waals surface area contributed by atoms with E-state index in [0.29, 0.717) is 19.3 Å². The Morgan fingerprint density at radius 2 is 2.11 bits per heavy atom. The molecule has 6 heteroatoms. The van der Waals surface area contributed by atoms with Gasteiger partial charge in [0.15, 0.2) is 0 Å². The molecule has 5 nitrogen and oxygen atoms in total. The lowest BCUT2D eigenvalue weighted by Gasteiger charge is -2.28. The Labute approximate surface area is 121 Å². The fourth-order valence-corrected chi connectivity index (χ4v) is 3.25. The number of hydrogen-bond donors (Lipinski definition) is 1. The highest BCUT2D eigenvalue weighted by atomic mass is 127. The number of nitrogens with one attached hydrogen (secondary N) is 1. The van der Waals surface area contributed by atoms with Crippen LogP contribution in [0, 0.1) is 5.92 Å². The number of rotatable bonds is 4. The smallest absolute Gasteiger partial charge is 0.241 e. The zero-order valence-electron chi connectivity index (χ0n) is 10.3. The number of aldehydes is 1. The Morgan fingerprint density at radius 3 is 2.67 bits per heavy atom. The molecule has 0 bridgehead atoms. The summed E-state index contributed by atoms with van der Waals surface area (Å²) in [4.78, 5) is 23.2. The van der Waals surface area contributed by atoms with Crippen LogP contribution < -0.4 is 5.32 Å². The van der Waals surface area contributed by atoms with Crippen molar-refractivity contribution in [3.63, 3.8) is 0 Å². The molecule has 102 valence electrons. The van der Waals surface area contributed by atoms with Gasteiger partial charge in [0.1, 0.15) is 19.1 Å². The van der Waals surface area contributed by atoms with E-state index >= 15 is 0 Å². The summed E-state index contributed by atoms with van der Waals surface area (Å²) in [5.41, 5.74) is 0. The topological polar surface area (TPSA) is 58.6 Å². The predicted octanol–water partition coefficient (Wildman–Crippen LogP) is 1.26. The second kappa shape index (κ2) is 6.81. The molecule has 1 aliphatic carbocycles. The maximum atomic E-state index is 12.1. The van der Waals surface area contributed by atoms with Crippen LogP contribution in [0.25, 0.3) is 0 Å². The lowest BCUT2D eigenvalue weighted by molar-refractivity contribution is -0.127. The highest BCUT2D eigenvalue weighted by molar-refractivity contribution is 14.1. The first-order valence-corrected chi connectivity index (χ1v) is 7.44. The van der Waals surface area contributed by atoms with Crippen LogP contribution in [0.15, 0.2) is 0 Å². The molecule has 1 amide bonds. The van der Waals surface area contributed by atoms with E-state index in [1.807, 2.05) is 3.11 Å². The maximum absolute atomic E-state index is 12.1. The van der Waals surface area contributed by atoms with E-state index in [0.717, 1.165) is 32.0 Å². The van der Waals surface area contributed by atoms with Crippen molar-refractivity contribution in [3.05, 3.63) is 0 Å². The average Bonchev–Trinajstić information content (AvgIpc) is 2.83. The van der Waals surface area contributed by atoms with Crippen molar-refractivity contribution < 1.29 is 14.3 Å². The monoisotopic (exact) mass is 366 g/mol. The second-order valence-corrected chi connectivity index (χ2v) is 6.22.